The molecule has 0 bridgehead atoms. The van der Waals surface area contributed by atoms with Crippen LogP contribution in [0.3, 0.4) is 0 Å². The molecule has 2 rings (SSSR count). The van der Waals surface area contributed by atoms with Gasteiger partial charge in [-0.25, -0.2) is 0 Å². The van der Waals surface area contributed by atoms with E-state index in [0.29, 0.717) is 42.6 Å². The average molecular weight is 237 g/mol. The van der Waals surface area contributed by atoms with Crippen molar-refractivity contribution in [1.29, 1.82) is 0 Å². The van der Waals surface area contributed by atoms with E-state index in [4.69, 9.17) is 20.0 Å². The van der Waals surface area contributed by atoms with Crippen molar-refractivity contribution in [2.45, 2.75) is 0 Å². The van der Waals surface area contributed by atoms with Gasteiger partial charge in [-0.3, -0.25) is 0 Å². The Balaban J connectivity index is 1.93. The first kappa shape index (κ1) is 11.7. The highest BCUT2D eigenvalue weighted by Gasteiger charge is 2.06. The SMILES string of the molecule is Nc1cccc2oc(NCCOCCO)nc12. The lowest BCUT2D eigenvalue weighted by atomic mass is 10.3. The lowest BCUT2D eigenvalue weighted by Crippen LogP contribution is -2.11. The Hall–Kier alpha value is -1.79. The van der Waals surface area contributed by atoms with Crippen LogP contribution in [0.4, 0.5) is 11.7 Å². The molecule has 1 aromatic carbocycles. The molecule has 92 valence electrons. The van der Waals surface area contributed by atoms with Crippen LogP contribution in [0.25, 0.3) is 11.1 Å². The third-order valence-corrected chi connectivity index (χ3v) is 2.21. The van der Waals surface area contributed by atoms with Crippen LogP contribution in [-0.4, -0.2) is 36.5 Å². The van der Waals surface area contributed by atoms with E-state index >= 15 is 0 Å². The van der Waals surface area contributed by atoms with Crippen molar-refractivity contribution in [2.24, 2.45) is 0 Å². The van der Waals surface area contributed by atoms with Crippen LogP contribution in [-0.2, 0) is 4.74 Å². The second kappa shape index (κ2) is 5.51. The standard InChI is InChI=1S/C11H15N3O3/c12-8-2-1-3-9-10(8)14-11(17-9)13-4-6-16-7-5-15/h1-3,15H,4-7,12H2,(H,13,14). The van der Waals surface area contributed by atoms with Crippen LogP contribution in [0, 0.1) is 0 Å². The molecule has 0 unspecified atom stereocenters. The number of fused-ring (bicyclic) bond motifs is 1. The minimum absolute atomic E-state index is 0.0272. The largest absolute Gasteiger partial charge is 0.423 e. The summed E-state index contributed by atoms with van der Waals surface area (Å²) in [6.45, 7) is 1.41. The van der Waals surface area contributed by atoms with E-state index in [0.717, 1.165) is 0 Å². The van der Waals surface area contributed by atoms with Gasteiger partial charge in [-0.1, -0.05) is 6.07 Å². The Kier molecular flexibility index (Phi) is 3.79. The molecule has 0 saturated heterocycles. The van der Waals surface area contributed by atoms with Gasteiger partial charge in [0.05, 0.1) is 25.5 Å². The predicted octanol–water partition coefficient (Wildman–Crippen LogP) is 0.831. The molecule has 6 heteroatoms. The summed E-state index contributed by atoms with van der Waals surface area (Å²) in [6, 6.07) is 5.83. The summed E-state index contributed by atoms with van der Waals surface area (Å²) in [5.41, 5.74) is 7.67. The summed E-state index contributed by atoms with van der Waals surface area (Å²) in [5.74, 6) is 0. The fraction of sp³-hybridized carbons (Fsp3) is 0.364. The predicted molar refractivity (Wildman–Crippen MR) is 64.8 cm³/mol. The Morgan fingerprint density at radius 2 is 2.29 bits per heavy atom. The van der Waals surface area contributed by atoms with Gasteiger partial charge in [-0.15, -0.1) is 0 Å². The second-order valence-electron chi connectivity index (χ2n) is 3.48. The highest BCUT2D eigenvalue weighted by atomic mass is 16.5. The van der Waals surface area contributed by atoms with Gasteiger partial charge in [0.15, 0.2) is 5.58 Å². The maximum Gasteiger partial charge on any atom is 0.295 e. The molecule has 6 nitrogen and oxygen atoms in total. The van der Waals surface area contributed by atoms with E-state index in [1.165, 1.54) is 0 Å². The molecular weight excluding hydrogens is 222 g/mol. The van der Waals surface area contributed by atoms with E-state index in [1.54, 1.807) is 6.07 Å². The smallest absolute Gasteiger partial charge is 0.295 e. The summed E-state index contributed by atoms with van der Waals surface area (Å²) < 4.78 is 10.5. The molecule has 17 heavy (non-hydrogen) atoms. The Morgan fingerprint density at radius 1 is 1.41 bits per heavy atom. The lowest BCUT2D eigenvalue weighted by Gasteiger charge is -2.01. The summed E-state index contributed by atoms with van der Waals surface area (Å²) in [5, 5.41) is 11.5. The maximum absolute atomic E-state index is 8.52. The van der Waals surface area contributed by atoms with Crippen LogP contribution in [0.5, 0.6) is 0 Å². The van der Waals surface area contributed by atoms with Crippen molar-refractivity contribution >= 4 is 22.8 Å². The minimum atomic E-state index is 0.0272. The minimum Gasteiger partial charge on any atom is -0.423 e. The number of anilines is 2. The van der Waals surface area contributed by atoms with E-state index in [1.807, 2.05) is 12.1 Å². The summed E-state index contributed by atoms with van der Waals surface area (Å²) in [4.78, 5) is 4.22. The van der Waals surface area contributed by atoms with Gasteiger partial charge in [-0.05, 0) is 12.1 Å². The van der Waals surface area contributed by atoms with Crippen molar-refractivity contribution < 1.29 is 14.3 Å². The fourth-order valence-electron chi connectivity index (χ4n) is 1.44. The monoisotopic (exact) mass is 237 g/mol. The summed E-state index contributed by atoms with van der Waals surface area (Å²) in [6.07, 6.45) is 0. The van der Waals surface area contributed by atoms with E-state index in [2.05, 4.69) is 10.3 Å². The molecule has 0 radical (unpaired) electrons. The highest BCUT2D eigenvalue weighted by Crippen LogP contribution is 2.23. The zero-order valence-electron chi connectivity index (χ0n) is 9.35. The Morgan fingerprint density at radius 3 is 3.06 bits per heavy atom. The quantitative estimate of drug-likeness (QED) is 0.509. The fourth-order valence-corrected chi connectivity index (χ4v) is 1.44. The average Bonchev–Trinajstić information content (AvgIpc) is 2.73. The normalized spacial score (nSPS) is 10.9. The number of hydrogen-bond donors (Lipinski definition) is 3. The van der Waals surface area contributed by atoms with Crippen LogP contribution in [0.15, 0.2) is 22.6 Å². The third-order valence-electron chi connectivity index (χ3n) is 2.21. The highest BCUT2D eigenvalue weighted by molar-refractivity contribution is 5.86. The van der Waals surface area contributed by atoms with Crippen molar-refractivity contribution in [3.63, 3.8) is 0 Å². The number of nitrogens with zero attached hydrogens (tertiary/aromatic N) is 1. The summed E-state index contributed by atoms with van der Waals surface area (Å²) >= 11 is 0. The van der Waals surface area contributed by atoms with Crippen molar-refractivity contribution in [1.82, 2.24) is 4.98 Å². The first-order valence-electron chi connectivity index (χ1n) is 5.39. The summed E-state index contributed by atoms with van der Waals surface area (Å²) in [7, 11) is 0. The van der Waals surface area contributed by atoms with Crippen LogP contribution < -0.4 is 11.1 Å². The molecule has 0 aliphatic carbocycles. The first-order chi connectivity index (χ1) is 8.31. The van der Waals surface area contributed by atoms with Gasteiger partial charge >= 0.3 is 0 Å². The molecule has 0 fully saturated rings. The van der Waals surface area contributed by atoms with Gasteiger partial charge in [0.25, 0.3) is 6.01 Å². The number of nitrogens with one attached hydrogen (secondary N) is 1. The second-order valence-corrected chi connectivity index (χ2v) is 3.48. The maximum atomic E-state index is 8.52. The Labute approximate surface area is 98.4 Å². The van der Waals surface area contributed by atoms with Gasteiger partial charge in [0.2, 0.25) is 0 Å². The molecule has 0 spiro atoms. The molecule has 0 saturated carbocycles. The van der Waals surface area contributed by atoms with Crippen LogP contribution >= 0.6 is 0 Å². The molecule has 2 aromatic rings. The van der Waals surface area contributed by atoms with Gasteiger partial charge in [-0.2, -0.15) is 4.98 Å². The van der Waals surface area contributed by atoms with Crippen LogP contribution in [0.2, 0.25) is 0 Å². The van der Waals surface area contributed by atoms with Crippen molar-refractivity contribution in [2.75, 3.05) is 37.4 Å². The number of aliphatic hydroxyl groups excluding tert-OH is 1. The zero-order chi connectivity index (χ0) is 12.1. The van der Waals surface area contributed by atoms with E-state index < -0.39 is 0 Å². The number of para-hydroxylation sites is 1. The number of nitrogens with two attached hydrogens (primary N) is 1. The Bertz CT molecular complexity index is 484. The number of rotatable bonds is 6. The van der Waals surface area contributed by atoms with Crippen molar-refractivity contribution in [3.8, 4) is 0 Å². The number of oxazole rings is 1. The molecule has 4 N–H and O–H groups in total. The van der Waals surface area contributed by atoms with Gasteiger partial charge in [0, 0.05) is 6.54 Å². The topological polar surface area (TPSA) is 93.5 Å². The molecule has 0 aliphatic heterocycles. The molecule has 0 atom stereocenters. The number of hydrogen-bond acceptors (Lipinski definition) is 6. The lowest BCUT2D eigenvalue weighted by molar-refractivity contribution is 0.0990. The number of aliphatic hydroxyl groups is 1. The molecule has 1 aromatic heterocycles. The number of aromatic nitrogens is 1. The molecular formula is C11H15N3O3. The van der Waals surface area contributed by atoms with Gasteiger partial charge in [0.1, 0.15) is 5.52 Å². The zero-order valence-corrected chi connectivity index (χ0v) is 9.35. The first-order valence-corrected chi connectivity index (χ1v) is 5.39. The van der Waals surface area contributed by atoms with E-state index in [9.17, 15) is 0 Å². The van der Waals surface area contributed by atoms with Gasteiger partial charge < -0.3 is 25.3 Å². The third kappa shape index (κ3) is 2.86. The number of ether oxygens (including phenoxy) is 1. The number of nitrogen functional groups attached to an aromatic ring is 1. The van der Waals surface area contributed by atoms with Crippen molar-refractivity contribution in [3.05, 3.63) is 18.2 Å². The molecule has 0 amide bonds. The molecule has 0 aliphatic rings. The van der Waals surface area contributed by atoms with E-state index in [-0.39, 0.29) is 6.61 Å². The van der Waals surface area contributed by atoms with Crippen LogP contribution in [0.1, 0.15) is 0 Å². The number of benzene rings is 1. The molecule has 1 heterocycles.